The van der Waals surface area contributed by atoms with E-state index in [1.165, 1.54) is 28.9 Å². The van der Waals surface area contributed by atoms with Crippen molar-refractivity contribution in [3.8, 4) is 16.9 Å². The highest BCUT2D eigenvalue weighted by Gasteiger charge is 2.20. The fraction of sp³-hybridized carbons (Fsp3) is 0.0769. The standard InChI is InChI=1S/C26H21N7O3/c1-18(29-21-9-7-19(8-10-21)15-31-16-27-28-17-31)24-25(20-5-3-2-4-6-20)30-32(26(24)34)22-11-13-23(14-12-22)33(35)36/h2-14,16-17,30H,15H2,1H3. The molecule has 0 saturated carbocycles. The Balaban J connectivity index is 1.54. The van der Waals surface area contributed by atoms with E-state index in [9.17, 15) is 14.9 Å². The van der Waals surface area contributed by atoms with Gasteiger partial charge in [0.2, 0.25) is 0 Å². The van der Waals surface area contributed by atoms with Gasteiger partial charge in [-0.3, -0.25) is 25.0 Å². The summed E-state index contributed by atoms with van der Waals surface area (Å²) in [6.07, 6.45) is 3.31. The van der Waals surface area contributed by atoms with Gasteiger partial charge in [-0.1, -0.05) is 42.5 Å². The average Bonchev–Trinajstić information content (AvgIpc) is 3.53. The Morgan fingerprint density at radius 3 is 2.28 bits per heavy atom. The van der Waals surface area contributed by atoms with E-state index in [0.717, 1.165) is 11.1 Å². The number of nitro benzene ring substituents is 1. The number of hydrogen-bond acceptors (Lipinski definition) is 6. The highest BCUT2D eigenvalue weighted by molar-refractivity contribution is 6.04. The van der Waals surface area contributed by atoms with E-state index in [2.05, 4.69) is 15.3 Å². The first-order valence-corrected chi connectivity index (χ1v) is 11.1. The molecule has 0 bridgehead atoms. The summed E-state index contributed by atoms with van der Waals surface area (Å²) in [4.78, 5) is 28.8. The number of nitrogens with one attached hydrogen (secondary N) is 1. The van der Waals surface area contributed by atoms with Gasteiger partial charge in [-0.05, 0) is 36.8 Å². The lowest BCUT2D eigenvalue weighted by Crippen LogP contribution is -2.19. The molecular formula is C26H21N7O3. The summed E-state index contributed by atoms with van der Waals surface area (Å²) in [6, 6.07) is 23.0. The molecule has 5 aromatic rings. The third-order valence-electron chi connectivity index (χ3n) is 5.70. The first-order chi connectivity index (χ1) is 17.5. The third-order valence-corrected chi connectivity index (χ3v) is 5.70. The number of nitrogens with zero attached hydrogens (tertiary/aromatic N) is 6. The highest BCUT2D eigenvalue weighted by atomic mass is 16.6. The summed E-state index contributed by atoms with van der Waals surface area (Å²) >= 11 is 0. The van der Waals surface area contributed by atoms with Crippen LogP contribution >= 0.6 is 0 Å². The molecule has 0 radical (unpaired) electrons. The van der Waals surface area contributed by atoms with Crippen molar-refractivity contribution in [1.29, 1.82) is 0 Å². The SMILES string of the molecule is CC(=Nc1ccc(Cn2cnnc2)cc1)c1c(-c2ccccc2)[nH]n(-c2ccc([N+](=O)[O-])cc2)c1=O. The van der Waals surface area contributed by atoms with Crippen LogP contribution in [0, 0.1) is 10.1 Å². The van der Waals surface area contributed by atoms with E-state index in [-0.39, 0.29) is 11.2 Å². The Bertz CT molecular complexity index is 1580. The predicted octanol–water partition coefficient (Wildman–Crippen LogP) is 4.52. The van der Waals surface area contributed by atoms with Crippen LogP contribution < -0.4 is 5.56 Å². The van der Waals surface area contributed by atoms with Crippen LogP contribution in [0.2, 0.25) is 0 Å². The maximum atomic E-state index is 13.5. The molecule has 2 aromatic heterocycles. The zero-order valence-corrected chi connectivity index (χ0v) is 19.3. The summed E-state index contributed by atoms with van der Waals surface area (Å²) in [5, 5.41) is 21.8. The lowest BCUT2D eigenvalue weighted by molar-refractivity contribution is -0.384. The Hall–Kier alpha value is -5.12. The second kappa shape index (κ2) is 9.63. The molecule has 0 atom stereocenters. The number of H-pyrrole nitrogens is 1. The largest absolute Gasteiger partial charge is 0.316 e. The van der Waals surface area contributed by atoms with E-state index >= 15 is 0 Å². The van der Waals surface area contributed by atoms with Crippen molar-refractivity contribution in [3.05, 3.63) is 123 Å². The van der Waals surface area contributed by atoms with Crippen LogP contribution in [0.25, 0.3) is 16.9 Å². The minimum atomic E-state index is -0.476. The Labute approximate surface area is 205 Å². The minimum absolute atomic E-state index is 0.0487. The molecule has 2 heterocycles. The van der Waals surface area contributed by atoms with Gasteiger partial charge in [0.15, 0.2) is 0 Å². The molecule has 0 fully saturated rings. The summed E-state index contributed by atoms with van der Waals surface area (Å²) in [6.45, 7) is 2.44. The molecule has 0 unspecified atom stereocenters. The molecule has 178 valence electrons. The zero-order chi connectivity index (χ0) is 25.1. The number of rotatable bonds is 7. The Kier molecular flexibility index (Phi) is 6.06. The molecule has 10 nitrogen and oxygen atoms in total. The van der Waals surface area contributed by atoms with Crippen LogP contribution in [0.15, 0.2) is 101 Å². The highest BCUT2D eigenvalue weighted by Crippen LogP contribution is 2.24. The molecule has 0 aliphatic rings. The quantitative estimate of drug-likeness (QED) is 0.209. The predicted molar refractivity (Wildman–Crippen MR) is 136 cm³/mol. The lowest BCUT2D eigenvalue weighted by Gasteiger charge is -2.04. The lowest BCUT2D eigenvalue weighted by atomic mass is 10.1. The number of aromatic amines is 1. The number of aromatic nitrogens is 5. The molecule has 36 heavy (non-hydrogen) atoms. The van der Waals surface area contributed by atoms with E-state index in [1.807, 2.05) is 59.2 Å². The number of aliphatic imine (C=N–C) groups is 1. The van der Waals surface area contributed by atoms with Crippen molar-refractivity contribution < 1.29 is 4.92 Å². The van der Waals surface area contributed by atoms with Crippen LogP contribution in [-0.4, -0.2) is 35.2 Å². The van der Waals surface area contributed by atoms with E-state index in [1.54, 1.807) is 19.6 Å². The number of non-ortho nitro benzene ring substituents is 1. The van der Waals surface area contributed by atoms with Crippen molar-refractivity contribution in [2.75, 3.05) is 0 Å². The second-order valence-electron chi connectivity index (χ2n) is 8.14. The van der Waals surface area contributed by atoms with Crippen molar-refractivity contribution >= 4 is 17.1 Å². The first kappa shape index (κ1) is 22.7. The van der Waals surface area contributed by atoms with Crippen molar-refractivity contribution in [2.45, 2.75) is 13.5 Å². The van der Waals surface area contributed by atoms with Gasteiger partial charge in [0.05, 0.1) is 33.3 Å². The molecular weight excluding hydrogens is 458 g/mol. The summed E-state index contributed by atoms with van der Waals surface area (Å²) in [5.41, 5.74) is 4.32. The van der Waals surface area contributed by atoms with Gasteiger partial charge in [-0.15, -0.1) is 10.2 Å². The smallest absolute Gasteiger partial charge is 0.280 e. The summed E-state index contributed by atoms with van der Waals surface area (Å²) in [7, 11) is 0. The molecule has 0 aliphatic heterocycles. The molecule has 1 N–H and O–H groups in total. The number of benzene rings is 3. The summed E-state index contributed by atoms with van der Waals surface area (Å²) < 4.78 is 3.25. The van der Waals surface area contributed by atoms with E-state index < -0.39 is 4.92 Å². The van der Waals surface area contributed by atoms with Gasteiger partial charge in [0.25, 0.3) is 11.2 Å². The van der Waals surface area contributed by atoms with Gasteiger partial charge < -0.3 is 4.57 Å². The number of hydrogen-bond donors (Lipinski definition) is 1. The van der Waals surface area contributed by atoms with Crippen molar-refractivity contribution in [3.63, 3.8) is 0 Å². The maximum absolute atomic E-state index is 13.5. The molecule has 10 heteroatoms. The van der Waals surface area contributed by atoms with Crippen LogP contribution in [0.4, 0.5) is 11.4 Å². The minimum Gasteiger partial charge on any atom is -0.316 e. The number of nitro groups is 1. The van der Waals surface area contributed by atoms with Crippen molar-refractivity contribution in [2.24, 2.45) is 4.99 Å². The normalized spacial score (nSPS) is 11.5. The van der Waals surface area contributed by atoms with Crippen LogP contribution in [0.3, 0.4) is 0 Å². The van der Waals surface area contributed by atoms with Gasteiger partial charge in [-0.2, -0.15) is 0 Å². The van der Waals surface area contributed by atoms with Crippen LogP contribution in [-0.2, 0) is 6.54 Å². The maximum Gasteiger partial charge on any atom is 0.280 e. The zero-order valence-electron chi connectivity index (χ0n) is 19.3. The van der Waals surface area contributed by atoms with Crippen molar-refractivity contribution in [1.82, 2.24) is 24.5 Å². The second-order valence-corrected chi connectivity index (χ2v) is 8.14. The molecule has 0 aliphatic carbocycles. The van der Waals surface area contributed by atoms with Gasteiger partial charge in [0, 0.05) is 24.2 Å². The fourth-order valence-corrected chi connectivity index (χ4v) is 3.93. The Morgan fingerprint density at radius 2 is 1.64 bits per heavy atom. The van der Waals surface area contributed by atoms with Gasteiger partial charge >= 0.3 is 0 Å². The van der Waals surface area contributed by atoms with E-state index in [0.29, 0.717) is 34.9 Å². The van der Waals surface area contributed by atoms with Gasteiger partial charge in [-0.25, -0.2) is 4.68 Å². The fourth-order valence-electron chi connectivity index (χ4n) is 3.93. The van der Waals surface area contributed by atoms with Gasteiger partial charge in [0.1, 0.15) is 12.7 Å². The molecule has 0 amide bonds. The first-order valence-electron chi connectivity index (χ1n) is 11.1. The van der Waals surface area contributed by atoms with E-state index in [4.69, 9.17) is 4.99 Å². The monoisotopic (exact) mass is 479 g/mol. The third kappa shape index (κ3) is 4.60. The average molecular weight is 480 g/mol. The van der Waals surface area contributed by atoms with Crippen LogP contribution in [0.1, 0.15) is 18.1 Å². The Morgan fingerprint density at radius 1 is 0.972 bits per heavy atom. The summed E-state index contributed by atoms with van der Waals surface area (Å²) in [5.74, 6) is 0. The topological polar surface area (TPSA) is 124 Å². The van der Waals surface area contributed by atoms with Crippen LogP contribution in [0.5, 0.6) is 0 Å². The molecule has 5 rings (SSSR count). The molecule has 0 spiro atoms. The molecule has 0 saturated heterocycles. The molecule has 3 aromatic carbocycles.